The number of amides is 1. The van der Waals surface area contributed by atoms with Gasteiger partial charge >= 0.3 is 0 Å². The first-order valence-corrected chi connectivity index (χ1v) is 8.38. The molecule has 1 saturated heterocycles. The van der Waals surface area contributed by atoms with Crippen molar-refractivity contribution in [3.05, 3.63) is 0 Å². The molecule has 3 heteroatoms. The number of hydrogen-bond acceptors (Lipinski definition) is 2. The number of rotatable bonds is 2. The molecule has 2 nitrogen and oxygen atoms in total. The lowest BCUT2D eigenvalue weighted by molar-refractivity contribution is -0.135. The van der Waals surface area contributed by atoms with E-state index in [1.807, 2.05) is 11.8 Å². The Bertz CT molecular complexity index is 297. The van der Waals surface area contributed by atoms with Crippen molar-refractivity contribution in [3.8, 4) is 0 Å². The molecule has 2 aliphatic carbocycles. The summed E-state index contributed by atoms with van der Waals surface area (Å²) in [7, 11) is 0. The van der Waals surface area contributed by atoms with E-state index in [0.29, 0.717) is 11.8 Å². The number of likely N-dealkylation sites (tertiary alicyclic amines) is 1. The summed E-state index contributed by atoms with van der Waals surface area (Å²) in [5.74, 6) is 2.73. The predicted molar refractivity (Wildman–Crippen MR) is 72.1 cm³/mol. The fourth-order valence-corrected chi connectivity index (χ4v) is 4.44. The summed E-state index contributed by atoms with van der Waals surface area (Å²) in [5, 5.41) is 0.782. The molecule has 3 rings (SSSR count). The van der Waals surface area contributed by atoms with Gasteiger partial charge in [0, 0.05) is 24.3 Å². The van der Waals surface area contributed by atoms with Crippen molar-refractivity contribution in [2.75, 3.05) is 19.3 Å². The number of nitrogens with zero attached hydrogens (tertiary/aromatic N) is 1. The van der Waals surface area contributed by atoms with Gasteiger partial charge in [-0.2, -0.15) is 11.8 Å². The number of fused-ring (bicyclic) bond motifs is 1. The van der Waals surface area contributed by atoms with Gasteiger partial charge in [0.25, 0.3) is 0 Å². The zero-order chi connectivity index (χ0) is 11.8. The molecule has 0 aromatic heterocycles. The van der Waals surface area contributed by atoms with E-state index in [9.17, 15) is 4.79 Å². The fourth-order valence-electron chi connectivity index (χ4n) is 3.70. The Morgan fingerprint density at radius 1 is 1.12 bits per heavy atom. The van der Waals surface area contributed by atoms with Gasteiger partial charge in [-0.05, 0) is 56.6 Å². The number of thioether (sulfide) groups is 1. The number of carbonyl (C=O) groups is 1. The number of hydrogen-bond donors (Lipinski definition) is 0. The second-order valence-electron chi connectivity index (χ2n) is 6.04. The molecular formula is C14H23NOS. The molecule has 0 aromatic rings. The van der Waals surface area contributed by atoms with Crippen molar-refractivity contribution in [2.24, 2.45) is 17.8 Å². The molecule has 0 aromatic carbocycles. The van der Waals surface area contributed by atoms with Gasteiger partial charge in [-0.1, -0.05) is 0 Å². The van der Waals surface area contributed by atoms with Crippen LogP contribution in [0.2, 0.25) is 0 Å². The zero-order valence-corrected chi connectivity index (χ0v) is 11.5. The molecule has 3 aliphatic rings. The third-order valence-electron chi connectivity index (χ3n) is 4.91. The summed E-state index contributed by atoms with van der Waals surface area (Å²) < 4.78 is 0. The van der Waals surface area contributed by atoms with E-state index in [-0.39, 0.29) is 0 Å². The molecule has 1 amide bonds. The van der Waals surface area contributed by atoms with Gasteiger partial charge in [-0.15, -0.1) is 0 Å². The first-order chi connectivity index (χ1) is 8.28. The quantitative estimate of drug-likeness (QED) is 0.754. The Morgan fingerprint density at radius 2 is 1.88 bits per heavy atom. The Labute approximate surface area is 109 Å². The summed E-state index contributed by atoms with van der Waals surface area (Å²) >= 11 is 1.97. The molecule has 0 radical (unpaired) electrons. The summed E-state index contributed by atoms with van der Waals surface area (Å²) in [4.78, 5) is 14.6. The molecule has 0 N–H and O–H groups in total. The third-order valence-corrected chi connectivity index (χ3v) is 6.05. The highest BCUT2D eigenvalue weighted by Crippen LogP contribution is 2.54. The molecule has 1 heterocycles. The van der Waals surface area contributed by atoms with Crippen LogP contribution in [0.5, 0.6) is 0 Å². The van der Waals surface area contributed by atoms with E-state index in [4.69, 9.17) is 0 Å². The predicted octanol–water partition coefficient (Wildman–Crippen LogP) is 2.78. The molecular weight excluding hydrogens is 230 g/mol. The van der Waals surface area contributed by atoms with Gasteiger partial charge in [0.05, 0.1) is 0 Å². The SMILES string of the molecule is CSC1CCCN(C(=O)C2CC3CC3C2)CC1. The van der Waals surface area contributed by atoms with Crippen LogP contribution in [0.3, 0.4) is 0 Å². The molecule has 1 aliphatic heterocycles. The van der Waals surface area contributed by atoms with E-state index in [1.54, 1.807) is 0 Å². The van der Waals surface area contributed by atoms with Gasteiger partial charge in [-0.3, -0.25) is 4.79 Å². The summed E-state index contributed by atoms with van der Waals surface area (Å²) in [6, 6.07) is 0. The molecule has 3 atom stereocenters. The van der Waals surface area contributed by atoms with Crippen LogP contribution in [0.1, 0.15) is 38.5 Å². The van der Waals surface area contributed by atoms with E-state index < -0.39 is 0 Å². The highest BCUT2D eigenvalue weighted by atomic mass is 32.2. The first kappa shape index (κ1) is 11.9. The molecule has 0 spiro atoms. The highest BCUT2D eigenvalue weighted by molar-refractivity contribution is 7.99. The van der Waals surface area contributed by atoms with Crippen LogP contribution < -0.4 is 0 Å². The van der Waals surface area contributed by atoms with E-state index >= 15 is 0 Å². The van der Waals surface area contributed by atoms with Crippen LogP contribution in [0.4, 0.5) is 0 Å². The first-order valence-electron chi connectivity index (χ1n) is 7.09. The number of carbonyl (C=O) groups excluding carboxylic acids is 1. The minimum absolute atomic E-state index is 0.393. The smallest absolute Gasteiger partial charge is 0.225 e. The Hall–Kier alpha value is -0.180. The fraction of sp³-hybridized carbons (Fsp3) is 0.929. The lowest BCUT2D eigenvalue weighted by Crippen LogP contribution is -2.36. The van der Waals surface area contributed by atoms with Crippen LogP contribution >= 0.6 is 11.8 Å². The minimum atomic E-state index is 0.393. The normalized spacial score (nSPS) is 40.9. The minimum Gasteiger partial charge on any atom is -0.342 e. The van der Waals surface area contributed by atoms with E-state index in [2.05, 4.69) is 11.2 Å². The molecule has 17 heavy (non-hydrogen) atoms. The van der Waals surface area contributed by atoms with Gasteiger partial charge in [0.2, 0.25) is 5.91 Å². The van der Waals surface area contributed by atoms with Crippen molar-refractivity contribution in [3.63, 3.8) is 0 Å². The van der Waals surface area contributed by atoms with Crippen molar-refractivity contribution in [2.45, 2.75) is 43.8 Å². The second-order valence-corrected chi connectivity index (χ2v) is 7.18. The van der Waals surface area contributed by atoms with Gasteiger partial charge in [0.1, 0.15) is 0 Å². The van der Waals surface area contributed by atoms with Gasteiger partial charge in [0.15, 0.2) is 0 Å². The molecule has 2 saturated carbocycles. The molecule has 96 valence electrons. The average molecular weight is 253 g/mol. The van der Waals surface area contributed by atoms with Crippen LogP contribution in [-0.4, -0.2) is 35.4 Å². The largest absolute Gasteiger partial charge is 0.342 e. The lowest BCUT2D eigenvalue weighted by atomic mass is 10.0. The monoisotopic (exact) mass is 253 g/mol. The summed E-state index contributed by atoms with van der Waals surface area (Å²) in [6.07, 6.45) is 9.72. The van der Waals surface area contributed by atoms with Crippen LogP contribution in [-0.2, 0) is 4.79 Å². The topological polar surface area (TPSA) is 20.3 Å². The Kier molecular flexibility index (Phi) is 3.38. The highest BCUT2D eigenvalue weighted by Gasteiger charge is 2.48. The van der Waals surface area contributed by atoms with Crippen LogP contribution in [0.15, 0.2) is 0 Å². The zero-order valence-electron chi connectivity index (χ0n) is 10.7. The summed E-state index contributed by atoms with van der Waals surface area (Å²) in [6.45, 7) is 2.03. The maximum atomic E-state index is 12.4. The van der Waals surface area contributed by atoms with Crippen molar-refractivity contribution in [1.82, 2.24) is 4.90 Å². The molecule has 3 unspecified atom stereocenters. The van der Waals surface area contributed by atoms with Gasteiger partial charge in [-0.25, -0.2) is 0 Å². The maximum Gasteiger partial charge on any atom is 0.225 e. The van der Waals surface area contributed by atoms with Crippen molar-refractivity contribution >= 4 is 17.7 Å². The van der Waals surface area contributed by atoms with E-state index in [0.717, 1.165) is 30.2 Å². The van der Waals surface area contributed by atoms with E-state index in [1.165, 1.54) is 38.5 Å². The Balaban J connectivity index is 1.54. The van der Waals surface area contributed by atoms with Crippen molar-refractivity contribution < 1.29 is 4.79 Å². The van der Waals surface area contributed by atoms with Gasteiger partial charge < -0.3 is 4.90 Å². The third kappa shape index (κ3) is 2.49. The molecule has 3 fully saturated rings. The lowest BCUT2D eigenvalue weighted by Gasteiger charge is -2.24. The Morgan fingerprint density at radius 3 is 2.59 bits per heavy atom. The van der Waals surface area contributed by atoms with Crippen LogP contribution in [0, 0.1) is 17.8 Å². The standard InChI is InChI=1S/C14H23NOS/c1-17-13-3-2-5-15(6-4-13)14(16)12-8-10-7-11(10)9-12/h10-13H,2-9H2,1H3. The molecule has 0 bridgehead atoms. The van der Waals surface area contributed by atoms with Crippen LogP contribution in [0.25, 0.3) is 0 Å². The second kappa shape index (κ2) is 4.83. The maximum absolute atomic E-state index is 12.4. The van der Waals surface area contributed by atoms with Crippen molar-refractivity contribution in [1.29, 1.82) is 0 Å². The summed E-state index contributed by atoms with van der Waals surface area (Å²) in [5.41, 5.74) is 0. The average Bonchev–Trinajstić information content (AvgIpc) is 3.04.